The normalized spacial score (nSPS) is 15.1. The van der Waals surface area contributed by atoms with Gasteiger partial charge in [0.1, 0.15) is 0 Å². The Morgan fingerprint density at radius 2 is 1.55 bits per heavy atom. The van der Waals surface area contributed by atoms with Gasteiger partial charge in [0.25, 0.3) is 0 Å². The molecule has 1 nitrogen and oxygen atoms in total. The van der Waals surface area contributed by atoms with Gasteiger partial charge in [-0.15, -0.1) is 0 Å². The molecule has 0 aliphatic rings. The average Bonchev–Trinajstić information content (AvgIpc) is 2.00. The van der Waals surface area contributed by atoms with E-state index in [0.717, 1.165) is 0 Å². The fourth-order valence-electron chi connectivity index (χ4n) is 1.50. The summed E-state index contributed by atoms with van der Waals surface area (Å²) in [6.07, 6.45) is 0. The van der Waals surface area contributed by atoms with Crippen LogP contribution in [0.4, 0.5) is 0 Å². The number of hydrogen-bond acceptors (Lipinski definition) is 1. The molecule has 0 N–H and O–H groups in total. The first-order chi connectivity index (χ1) is 5.10. The van der Waals surface area contributed by atoms with E-state index >= 15 is 0 Å². The summed E-state index contributed by atoms with van der Waals surface area (Å²) in [5.41, 5.74) is 0. The Hall–Kier alpha value is 0.774. The SMILES string of the molecule is [Li][CH](C)O[Si](CC)(CC)CC. The molecule has 0 aromatic heterocycles. The Kier molecular flexibility index (Phi) is 5.81. The molecule has 0 heterocycles. The van der Waals surface area contributed by atoms with Crippen molar-refractivity contribution in [2.75, 3.05) is 0 Å². The summed E-state index contributed by atoms with van der Waals surface area (Å²) in [6, 6.07) is 3.79. The topological polar surface area (TPSA) is 9.23 Å². The molecule has 11 heavy (non-hydrogen) atoms. The monoisotopic (exact) mass is 166 g/mol. The molecule has 0 aromatic rings. The maximum atomic E-state index is 6.02. The zero-order chi connectivity index (χ0) is 8.91. The zero-order valence-electron chi connectivity index (χ0n) is 8.61. The molecule has 0 aromatic carbocycles. The molecule has 0 saturated carbocycles. The average molecular weight is 166 g/mol. The summed E-state index contributed by atoms with van der Waals surface area (Å²) < 4.78 is 6.44. The molecule has 0 rings (SSSR count). The van der Waals surface area contributed by atoms with Crippen LogP contribution in [-0.4, -0.2) is 30.8 Å². The first-order valence-corrected chi connectivity index (χ1v) is 7.31. The van der Waals surface area contributed by atoms with Crippen LogP contribution >= 0.6 is 0 Å². The molecule has 0 radical (unpaired) electrons. The van der Waals surface area contributed by atoms with Gasteiger partial charge in [0, 0.05) is 0 Å². The van der Waals surface area contributed by atoms with Crippen LogP contribution in [0.25, 0.3) is 0 Å². The number of hydrogen-bond donors (Lipinski definition) is 0. The predicted octanol–water partition coefficient (Wildman–Crippen LogP) is 2.52. The molecular formula is C8H19LiOSi. The van der Waals surface area contributed by atoms with Gasteiger partial charge >= 0.3 is 81.1 Å². The van der Waals surface area contributed by atoms with Crippen LogP contribution in [0.2, 0.25) is 18.1 Å². The molecule has 0 amide bonds. The third kappa shape index (κ3) is 3.80. The van der Waals surface area contributed by atoms with Crippen molar-refractivity contribution in [1.29, 1.82) is 0 Å². The Morgan fingerprint density at radius 1 is 1.18 bits per heavy atom. The summed E-state index contributed by atoms with van der Waals surface area (Å²) in [5.74, 6) is 0. The minimum atomic E-state index is -1.28. The van der Waals surface area contributed by atoms with E-state index in [1.165, 1.54) is 18.1 Å². The van der Waals surface area contributed by atoms with Crippen molar-refractivity contribution in [3.8, 4) is 0 Å². The zero-order valence-corrected chi connectivity index (χ0v) is 9.61. The molecule has 0 fully saturated rings. The van der Waals surface area contributed by atoms with Gasteiger partial charge in [0.15, 0.2) is 0 Å². The van der Waals surface area contributed by atoms with E-state index in [4.69, 9.17) is 4.43 Å². The predicted molar refractivity (Wildman–Crippen MR) is 53.5 cm³/mol. The number of rotatable bonds is 5. The van der Waals surface area contributed by atoms with Crippen molar-refractivity contribution in [3.05, 3.63) is 0 Å². The van der Waals surface area contributed by atoms with Gasteiger partial charge in [-0.3, -0.25) is 0 Å². The summed E-state index contributed by atoms with van der Waals surface area (Å²) in [7, 11) is -1.28. The Balaban J connectivity index is 4.05. The van der Waals surface area contributed by atoms with Crippen LogP contribution in [-0.2, 0) is 4.43 Å². The summed E-state index contributed by atoms with van der Waals surface area (Å²) in [4.78, 5) is 0. The van der Waals surface area contributed by atoms with Crippen LogP contribution in [0.15, 0.2) is 0 Å². The third-order valence-electron chi connectivity index (χ3n) is 2.42. The van der Waals surface area contributed by atoms with E-state index in [0.29, 0.717) is 4.78 Å². The van der Waals surface area contributed by atoms with Gasteiger partial charge in [-0.25, -0.2) is 0 Å². The Morgan fingerprint density at radius 3 is 1.64 bits per heavy atom. The first kappa shape index (κ1) is 11.8. The van der Waals surface area contributed by atoms with Gasteiger partial charge in [0.05, 0.1) is 0 Å². The standard InChI is InChI=1S/C8H19OSi.Li/c1-5-9-10(6-2,7-3)8-4;/h5H,6-8H2,1-4H3;. The third-order valence-corrected chi connectivity index (χ3v) is 7.26. The second kappa shape index (κ2) is 5.43. The van der Waals surface area contributed by atoms with E-state index in [1.807, 2.05) is 0 Å². The Labute approximate surface area is 81.2 Å². The van der Waals surface area contributed by atoms with E-state index < -0.39 is 8.32 Å². The minimum absolute atomic E-state index is 0.418. The van der Waals surface area contributed by atoms with Gasteiger partial charge in [0.2, 0.25) is 0 Å². The molecule has 0 bridgehead atoms. The van der Waals surface area contributed by atoms with Crippen LogP contribution < -0.4 is 0 Å². The molecule has 62 valence electrons. The van der Waals surface area contributed by atoms with Gasteiger partial charge < -0.3 is 0 Å². The molecule has 0 aliphatic carbocycles. The molecular weight excluding hydrogens is 147 g/mol. The second-order valence-corrected chi connectivity index (χ2v) is 8.13. The first-order valence-electron chi connectivity index (χ1n) is 4.78. The molecule has 0 spiro atoms. The van der Waals surface area contributed by atoms with E-state index in [1.54, 1.807) is 0 Å². The van der Waals surface area contributed by atoms with Crippen molar-refractivity contribution in [2.45, 2.75) is 50.6 Å². The van der Waals surface area contributed by atoms with Crippen molar-refractivity contribution in [2.24, 2.45) is 0 Å². The van der Waals surface area contributed by atoms with Crippen molar-refractivity contribution in [3.63, 3.8) is 0 Å². The quantitative estimate of drug-likeness (QED) is 0.570. The van der Waals surface area contributed by atoms with E-state index in [2.05, 4.69) is 45.4 Å². The van der Waals surface area contributed by atoms with Crippen molar-refractivity contribution >= 4 is 26.0 Å². The van der Waals surface area contributed by atoms with Crippen LogP contribution in [0, 0.1) is 0 Å². The molecule has 1 atom stereocenters. The second-order valence-electron chi connectivity index (χ2n) is 3.41. The van der Waals surface area contributed by atoms with Gasteiger partial charge in [-0.1, -0.05) is 0 Å². The fraction of sp³-hybridized carbons (Fsp3) is 1.00. The van der Waals surface area contributed by atoms with Crippen LogP contribution in [0.5, 0.6) is 0 Å². The summed E-state index contributed by atoms with van der Waals surface area (Å²) in [5, 5.41) is 0. The Bertz CT molecular complexity index is 94.0. The summed E-state index contributed by atoms with van der Waals surface area (Å²) >= 11 is 2.14. The molecule has 0 saturated heterocycles. The van der Waals surface area contributed by atoms with E-state index in [-0.39, 0.29) is 0 Å². The van der Waals surface area contributed by atoms with Crippen LogP contribution in [0.3, 0.4) is 0 Å². The molecule has 1 unspecified atom stereocenters. The van der Waals surface area contributed by atoms with Crippen molar-refractivity contribution < 1.29 is 4.43 Å². The van der Waals surface area contributed by atoms with Crippen LogP contribution in [0.1, 0.15) is 27.7 Å². The van der Waals surface area contributed by atoms with Gasteiger partial charge in [-0.05, 0) is 0 Å². The molecule has 0 aliphatic heterocycles. The summed E-state index contributed by atoms with van der Waals surface area (Å²) in [6.45, 7) is 8.94. The van der Waals surface area contributed by atoms with Gasteiger partial charge in [-0.2, -0.15) is 0 Å². The van der Waals surface area contributed by atoms with E-state index in [9.17, 15) is 0 Å². The van der Waals surface area contributed by atoms with Crippen molar-refractivity contribution in [1.82, 2.24) is 0 Å². The molecule has 3 heteroatoms. The maximum absolute atomic E-state index is 6.02. The fourth-order valence-corrected chi connectivity index (χ4v) is 4.50.